The maximum absolute atomic E-state index is 14.0. The quantitative estimate of drug-likeness (QED) is 0.306. The number of alkyl halides is 3. The number of rotatable bonds is 4. The van der Waals surface area contributed by atoms with Crippen molar-refractivity contribution in [1.29, 1.82) is 0 Å². The van der Waals surface area contributed by atoms with E-state index in [0.717, 1.165) is 0 Å². The highest BCUT2D eigenvalue weighted by Crippen LogP contribution is 2.38. The van der Waals surface area contributed by atoms with E-state index < -0.39 is 17.9 Å². The Bertz CT molecular complexity index is 1500. The van der Waals surface area contributed by atoms with Crippen molar-refractivity contribution in [1.82, 2.24) is 4.57 Å². The van der Waals surface area contributed by atoms with Gasteiger partial charge in [-0.25, -0.2) is 0 Å². The zero-order valence-electron chi connectivity index (χ0n) is 17.9. The van der Waals surface area contributed by atoms with Crippen LogP contribution >= 0.6 is 0 Å². The molecule has 0 saturated heterocycles. The molecule has 0 bridgehead atoms. The number of hydrogen-bond donors (Lipinski definition) is 2. The highest BCUT2D eigenvalue weighted by Gasteiger charge is 2.34. The summed E-state index contributed by atoms with van der Waals surface area (Å²) in [6.07, 6.45) is -4.73. The summed E-state index contributed by atoms with van der Waals surface area (Å²) >= 11 is 0. The number of phenolic OH excluding ortho intramolecular Hbond substituents is 2. The highest BCUT2D eigenvalue weighted by molar-refractivity contribution is 6.17. The summed E-state index contributed by atoms with van der Waals surface area (Å²) in [7, 11) is 0. The molecular weight excluding hydrogens is 459 g/mol. The van der Waals surface area contributed by atoms with Crippen LogP contribution in [0.5, 0.6) is 11.5 Å². The second-order valence-electron chi connectivity index (χ2n) is 8.02. The van der Waals surface area contributed by atoms with E-state index in [1.807, 2.05) is 0 Å². The van der Waals surface area contributed by atoms with E-state index in [1.54, 1.807) is 0 Å². The highest BCUT2D eigenvalue weighted by atomic mass is 19.4. The second kappa shape index (κ2) is 8.02. The lowest BCUT2D eigenvalue weighted by Gasteiger charge is -2.11. The van der Waals surface area contributed by atoms with Gasteiger partial charge in [-0.3, -0.25) is 14.2 Å². The summed E-state index contributed by atoms with van der Waals surface area (Å²) in [6.45, 7) is 0. The number of carbonyl (C=O) groups is 2. The Hall–Kier alpha value is -4.59. The summed E-state index contributed by atoms with van der Waals surface area (Å²) in [4.78, 5) is 25.9. The summed E-state index contributed by atoms with van der Waals surface area (Å²) < 4.78 is 42.2. The van der Waals surface area contributed by atoms with Crippen molar-refractivity contribution in [3.05, 3.63) is 107 Å². The van der Waals surface area contributed by atoms with Gasteiger partial charge < -0.3 is 10.2 Å². The van der Waals surface area contributed by atoms with Gasteiger partial charge in [0.15, 0.2) is 11.6 Å². The van der Waals surface area contributed by atoms with Gasteiger partial charge in [-0.1, -0.05) is 0 Å². The average molecular weight is 475 g/mol. The van der Waals surface area contributed by atoms with Crippen molar-refractivity contribution in [2.45, 2.75) is 6.30 Å². The van der Waals surface area contributed by atoms with E-state index in [1.165, 1.54) is 84.9 Å². The summed E-state index contributed by atoms with van der Waals surface area (Å²) in [5.74, 6) is -0.876. The minimum Gasteiger partial charge on any atom is -0.508 e. The predicted octanol–water partition coefficient (Wildman–Crippen LogP) is 6.14. The molecule has 0 atom stereocenters. The molecule has 5 nitrogen and oxygen atoms in total. The smallest absolute Gasteiger partial charge is 0.489 e. The first kappa shape index (κ1) is 22.2. The maximum Gasteiger partial charge on any atom is 0.489 e. The molecule has 0 unspecified atom stereocenters. The first-order valence-electron chi connectivity index (χ1n) is 10.5. The molecular formula is C27H16F3NO4. The number of nitrogens with zero attached hydrogens (tertiary/aromatic N) is 1. The fourth-order valence-electron chi connectivity index (χ4n) is 4.14. The van der Waals surface area contributed by atoms with Gasteiger partial charge in [-0.05, 0) is 84.9 Å². The lowest BCUT2D eigenvalue weighted by Crippen LogP contribution is -2.16. The number of hydrogen-bond acceptors (Lipinski definition) is 4. The maximum atomic E-state index is 14.0. The van der Waals surface area contributed by atoms with Crippen molar-refractivity contribution in [2.24, 2.45) is 0 Å². The fraction of sp³-hybridized carbons (Fsp3) is 0.0370. The predicted molar refractivity (Wildman–Crippen MR) is 124 cm³/mol. The van der Waals surface area contributed by atoms with E-state index in [2.05, 4.69) is 0 Å². The Morgan fingerprint density at radius 1 is 0.571 bits per heavy atom. The van der Waals surface area contributed by atoms with Crippen LogP contribution in [0, 0.1) is 0 Å². The molecule has 35 heavy (non-hydrogen) atoms. The van der Waals surface area contributed by atoms with Gasteiger partial charge in [0.2, 0.25) is 0 Å². The normalized spacial score (nSPS) is 11.7. The van der Waals surface area contributed by atoms with Crippen molar-refractivity contribution in [2.75, 3.05) is 0 Å². The summed E-state index contributed by atoms with van der Waals surface area (Å²) in [6, 6.07) is 19.0. The Morgan fingerprint density at radius 3 is 1.26 bits per heavy atom. The molecule has 4 aromatic carbocycles. The van der Waals surface area contributed by atoms with Crippen LogP contribution in [0.3, 0.4) is 0 Å². The monoisotopic (exact) mass is 475 g/mol. The fourth-order valence-corrected chi connectivity index (χ4v) is 4.14. The molecule has 0 saturated carbocycles. The number of aromatic nitrogens is 1. The largest absolute Gasteiger partial charge is 0.508 e. The summed E-state index contributed by atoms with van der Waals surface area (Å²) in [5, 5.41) is 19.2. The van der Waals surface area contributed by atoms with Crippen LogP contribution in [0.2, 0.25) is 0 Å². The number of halogens is 3. The minimum absolute atomic E-state index is 0.0175. The van der Waals surface area contributed by atoms with E-state index >= 15 is 0 Å². The second-order valence-corrected chi connectivity index (χ2v) is 8.02. The zero-order valence-corrected chi connectivity index (χ0v) is 17.9. The molecule has 1 heterocycles. The number of ketones is 2. The standard InChI is InChI=1S/C27H16F3NO4/c28-27(29,30)31-23-11-5-17(25(34)15-1-7-19(32)8-2-15)13-21(23)22-14-18(6-12-24(22)31)26(35)16-3-9-20(33)10-4-16/h1-14,32-33H. The van der Waals surface area contributed by atoms with Crippen molar-refractivity contribution < 1.29 is 33.0 Å². The number of aromatic hydroxyl groups is 2. The van der Waals surface area contributed by atoms with Gasteiger partial charge in [0.05, 0.1) is 11.0 Å². The van der Waals surface area contributed by atoms with Crippen molar-refractivity contribution in [3.8, 4) is 11.5 Å². The molecule has 0 fully saturated rings. The van der Waals surface area contributed by atoms with Crippen LogP contribution in [-0.4, -0.2) is 26.3 Å². The van der Waals surface area contributed by atoms with Crippen LogP contribution in [-0.2, 0) is 6.30 Å². The first-order chi connectivity index (χ1) is 16.6. The number of benzene rings is 4. The third-order valence-electron chi connectivity index (χ3n) is 5.80. The van der Waals surface area contributed by atoms with Gasteiger partial charge in [-0.2, -0.15) is 0 Å². The van der Waals surface area contributed by atoms with Crippen LogP contribution in [0.15, 0.2) is 84.9 Å². The SMILES string of the molecule is O=C(c1ccc(O)cc1)c1ccc2c(c1)c1cc(C(=O)c3ccc(O)cc3)ccc1n2C(F)(F)F. The molecule has 0 aliphatic carbocycles. The van der Waals surface area contributed by atoms with Crippen LogP contribution in [0.4, 0.5) is 13.2 Å². The van der Waals surface area contributed by atoms with Crippen LogP contribution < -0.4 is 0 Å². The summed E-state index contributed by atoms with van der Waals surface area (Å²) in [5.41, 5.74) is 0.571. The van der Waals surface area contributed by atoms with Crippen molar-refractivity contribution >= 4 is 33.4 Å². The van der Waals surface area contributed by atoms with E-state index in [-0.39, 0.29) is 60.1 Å². The van der Waals surface area contributed by atoms with Crippen molar-refractivity contribution in [3.63, 3.8) is 0 Å². The van der Waals surface area contributed by atoms with Gasteiger partial charge in [0.1, 0.15) is 11.5 Å². The minimum atomic E-state index is -4.73. The molecule has 8 heteroatoms. The van der Waals surface area contributed by atoms with Gasteiger partial charge in [0, 0.05) is 33.0 Å². The van der Waals surface area contributed by atoms with Crippen LogP contribution in [0.1, 0.15) is 31.8 Å². The Balaban J connectivity index is 1.70. The van der Waals surface area contributed by atoms with Gasteiger partial charge in [0.25, 0.3) is 0 Å². The molecule has 0 spiro atoms. The lowest BCUT2D eigenvalue weighted by atomic mass is 9.99. The zero-order chi connectivity index (χ0) is 24.9. The number of phenols is 2. The molecule has 174 valence electrons. The molecule has 0 amide bonds. The van der Waals surface area contributed by atoms with Gasteiger partial charge in [-0.15, -0.1) is 13.2 Å². The third kappa shape index (κ3) is 3.89. The Labute approximate surface area is 196 Å². The molecule has 0 aliphatic heterocycles. The van der Waals surface area contributed by atoms with E-state index in [9.17, 15) is 33.0 Å². The van der Waals surface area contributed by atoms with Crippen LogP contribution in [0.25, 0.3) is 21.8 Å². The number of fused-ring (bicyclic) bond motifs is 3. The average Bonchev–Trinajstić information content (AvgIpc) is 3.17. The lowest BCUT2D eigenvalue weighted by molar-refractivity contribution is -0.197. The molecule has 5 aromatic rings. The topological polar surface area (TPSA) is 79.5 Å². The molecule has 1 aromatic heterocycles. The Morgan fingerprint density at radius 2 is 0.914 bits per heavy atom. The van der Waals surface area contributed by atoms with Gasteiger partial charge >= 0.3 is 6.30 Å². The van der Waals surface area contributed by atoms with E-state index in [4.69, 9.17) is 0 Å². The van der Waals surface area contributed by atoms with E-state index in [0.29, 0.717) is 0 Å². The Kier molecular flexibility index (Phi) is 5.09. The number of carbonyl (C=O) groups excluding carboxylic acids is 2. The molecule has 2 N–H and O–H groups in total. The first-order valence-corrected chi connectivity index (χ1v) is 10.5. The molecule has 0 aliphatic rings. The third-order valence-corrected chi connectivity index (χ3v) is 5.80. The molecule has 0 radical (unpaired) electrons. The molecule has 5 rings (SSSR count).